The van der Waals surface area contributed by atoms with Gasteiger partial charge in [-0.3, -0.25) is 4.89 Å². The van der Waals surface area contributed by atoms with Crippen molar-refractivity contribution in [3.8, 4) is 0 Å². The van der Waals surface area contributed by atoms with Crippen LogP contribution in [0.25, 0.3) is 21.9 Å². The van der Waals surface area contributed by atoms with E-state index < -0.39 is 8.24 Å². The quantitative estimate of drug-likeness (QED) is 0.330. The van der Waals surface area contributed by atoms with Gasteiger partial charge in [-0.1, -0.05) is 66.5 Å². The molecule has 0 spiro atoms. The Kier molecular flexibility index (Phi) is 8.91. The Balaban J connectivity index is 2.47. The van der Waals surface area contributed by atoms with E-state index in [9.17, 15) is 4.89 Å². The van der Waals surface area contributed by atoms with Crippen molar-refractivity contribution in [3.05, 3.63) is 46.5 Å². The maximum absolute atomic E-state index is 10.8. The van der Waals surface area contributed by atoms with Crippen LogP contribution in [0, 0.1) is 0 Å². The second-order valence-corrected chi connectivity index (χ2v) is 10.2. The zero-order valence-electron chi connectivity index (χ0n) is 20.8. The monoisotopic (exact) mass is 456 g/mol. The lowest BCUT2D eigenvalue weighted by molar-refractivity contribution is 0.493. The number of hydrogen-bond donors (Lipinski definition) is 1. The summed E-state index contributed by atoms with van der Waals surface area (Å²) in [6, 6.07) is 9.18. The SMILES string of the molecule is CCCCc1cc(C(C)CC)cc2c1op(O)oc1c(CCCC)cc(C(C)CC)cc12. The molecule has 1 aromatic heterocycles. The molecule has 32 heavy (non-hydrogen) atoms. The van der Waals surface area contributed by atoms with Crippen LogP contribution in [-0.4, -0.2) is 4.89 Å². The minimum atomic E-state index is -2.01. The first-order chi connectivity index (χ1) is 15.4. The van der Waals surface area contributed by atoms with E-state index >= 15 is 0 Å². The van der Waals surface area contributed by atoms with Gasteiger partial charge in [-0.15, -0.1) is 0 Å². The third kappa shape index (κ3) is 5.43. The molecule has 0 saturated carbocycles. The molecule has 2 atom stereocenters. The summed E-state index contributed by atoms with van der Waals surface area (Å²) in [5, 5.41) is 2.18. The van der Waals surface area contributed by atoms with Crippen molar-refractivity contribution in [2.24, 2.45) is 0 Å². The van der Waals surface area contributed by atoms with E-state index in [2.05, 4.69) is 65.8 Å². The molecule has 176 valence electrons. The number of unbranched alkanes of at least 4 members (excludes halogenated alkanes) is 2. The molecule has 0 bridgehead atoms. The predicted molar refractivity (Wildman–Crippen MR) is 139 cm³/mol. The highest BCUT2D eigenvalue weighted by molar-refractivity contribution is 7.30. The molecule has 2 unspecified atom stereocenters. The Bertz CT molecular complexity index is 999. The lowest BCUT2D eigenvalue weighted by atomic mass is 9.90. The highest BCUT2D eigenvalue weighted by Gasteiger charge is 2.17. The van der Waals surface area contributed by atoms with E-state index in [0.717, 1.165) is 73.3 Å². The van der Waals surface area contributed by atoms with Gasteiger partial charge < -0.3 is 8.39 Å². The van der Waals surface area contributed by atoms with Gasteiger partial charge in [0.25, 0.3) is 0 Å². The average Bonchev–Trinajstić information content (AvgIpc) is 2.95. The summed E-state index contributed by atoms with van der Waals surface area (Å²) in [5.74, 6) is 0.947. The molecule has 0 aliphatic rings. The topological polar surface area (TPSA) is 46.5 Å². The molecule has 3 aromatic rings. The minimum Gasteiger partial charge on any atom is -0.399 e. The first-order valence-corrected chi connectivity index (χ1v) is 13.7. The van der Waals surface area contributed by atoms with Crippen LogP contribution in [-0.2, 0) is 12.8 Å². The van der Waals surface area contributed by atoms with E-state index in [-0.39, 0.29) is 0 Å². The van der Waals surface area contributed by atoms with Crippen molar-refractivity contribution in [2.75, 3.05) is 0 Å². The molecule has 0 radical (unpaired) electrons. The fourth-order valence-corrected chi connectivity index (χ4v) is 5.14. The van der Waals surface area contributed by atoms with E-state index in [1.165, 1.54) is 22.3 Å². The largest absolute Gasteiger partial charge is 0.399 e. The second kappa shape index (κ2) is 11.4. The lowest BCUT2D eigenvalue weighted by Crippen LogP contribution is -1.97. The van der Waals surface area contributed by atoms with Gasteiger partial charge in [0.15, 0.2) is 0 Å². The molecule has 1 N–H and O–H groups in total. The Labute approximate surface area is 194 Å². The lowest BCUT2D eigenvalue weighted by Gasteiger charge is -2.15. The Morgan fingerprint density at radius 2 is 1.12 bits per heavy atom. The smallest absolute Gasteiger partial charge is 0.384 e. The highest BCUT2D eigenvalue weighted by Crippen LogP contribution is 2.40. The summed E-state index contributed by atoms with van der Waals surface area (Å²) in [6.07, 6.45) is 8.56. The summed E-state index contributed by atoms with van der Waals surface area (Å²) in [5.41, 5.74) is 6.73. The van der Waals surface area contributed by atoms with Crippen LogP contribution in [0.1, 0.15) is 114 Å². The molecule has 2 aromatic carbocycles. The molecule has 4 heteroatoms. The van der Waals surface area contributed by atoms with E-state index in [1.807, 2.05) is 0 Å². The normalized spacial score (nSPS) is 14.2. The second-order valence-electron chi connectivity index (χ2n) is 9.36. The van der Waals surface area contributed by atoms with Crippen LogP contribution in [0.15, 0.2) is 32.7 Å². The van der Waals surface area contributed by atoms with Gasteiger partial charge in [0.1, 0.15) is 11.2 Å². The zero-order valence-corrected chi connectivity index (χ0v) is 21.7. The van der Waals surface area contributed by atoms with Gasteiger partial charge in [0.2, 0.25) is 0 Å². The molecular weight excluding hydrogens is 415 g/mol. The number of aryl methyl sites for hydroxylation is 2. The standard InChI is InChI=1S/C28H41O3P/c1-7-11-13-21-15-23(19(5)9-3)17-25-26-18-24(20(6)10-4)16-22(14-12-8-2)28(26)31-32(29)30-27(21)25/h15-20,29H,7-14H2,1-6H3. The average molecular weight is 457 g/mol. The molecule has 0 aliphatic heterocycles. The first kappa shape index (κ1) is 24.9. The molecular formula is C28H41O3P. The van der Waals surface area contributed by atoms with Crippen LogP contribution >= 0.6 is 8.24 Å². The van der Waals surface area contributed by atoms with Crippen LogP contribution in [0.4, 0.5) is 0 Å². The fourth-order valence-electron chi connectivity index (χ4n) is 4.36. The van der Waals surface area contributed by atoms with Gasteiger partial charge in [-0.25, -0.2) is 0 Å². The predicted octanol–water partition coefficient (Wildman–Crippen LogP) is 9.76. The van der Waals surface area contributed by atoms with E-state index in [0.29, 0.717) is 11.8 Å². The van der Waals surface area contributed by atoms with Crippen LogP contribution in [0.5, 0.6) is 0 Å². The summed E-state index contributed by atoms with van der Waals surface area (Å²) in [7, 11) is -2.01. The summed E-state index contributed by atoms with van der Waals surface area (Å²) in [6.45, 7) is 13.5. The fraction of sp³-hybridized carbons (Fsp3) is 0.571. The van der Waals surface area contributed by atoms with Crippen molar-refractivity contribution >= 4 is 30.2 Å². The summed E-state index contributed by atoms with van der Waals surface area (Å²) >= 11 is 0. The number of hydrogen-bond acceptors (Lipinski definition) is 3. The minimum absolute atomic E-state index is 0.473. The van der Waals surface area contributed by atoms with Gasteiger partial charge in [-0.05, 0) is 84.7 Å². The van der Waals surface area contributed by atoms with E-state index in [4.69, 9.17) is 8.39 Å². The maximum Gasteiger partial charge on any atom is 0.384 e. The Morgan fingerprint density at radius 1 is 0.719 bits per heavy atom. The molecule has 0 amide bonds. The number of rotatable bonds is 10. The van der Waals surface area contributed by atoms with Crippen molar-refractivity contribution in [1.29, 1.82) is 0 Å². The molecule has 3 rings (SSSR count). The Morgan fingerprint density at radius 3 is 1.47 bits per heavy atom. The van der Waals surface area contributed by atoms with Gasteiger partial charge in [0, 0.05) is 10.8 Å². The van der Waals surface area contributed by atoms with Gasteiger partial charge in [0.05, 0.1) is 0 Å². The van der Waals surface area contributed by atoms with Gasteiger partial charge >= 0.3 is 8.24 Å². The third-order valence-electron chi connectivity index (χ3n) is 6.97. The highest BCUT2D eigenvalue weighted by atomic mass is 31.1. The van der Waals surface area contributed by atoms with E-state index in [1.54, 1.807) is 0 Å². The Hall–Kier alpha value is -1.70. The molecule has 0 fully saturated rings. The van der Waals surface area contributed by atoms with Crippen molar-refractivity contribution in [2.45, 2.75) is 105 Å². The van der Waals surface area contributed by atoms with Crippen molar-refractivity contribution in [1.82, 2.24) is 0 Å². The van der Waals surface area contributed by atoms with Crippen LogP contribution in [0.3, 0.4) is 0 Å². The maximum atomic E-state index is 10.8. The zero-order chi connectivity index (χ0) is 23.3. The van der Waals surface area contributed by atoms with Crippen molar-refractivity contribution < 1.29 is 13.3 Å². The molecule has 1 heterocycles. The summed E-state index contributed by atoms with van der Waals surface area (Å²) in [4.78, 5) is 10.8. The van der Waals surface area contributed by atoms with Crippen LogP contribution < -0.4 is 0 Å². The van der Waals surface area contributed by atoms with Gasteiger partial charge in [-0.2, -0.15) is 0 Å². The van der Waals surface area contributed by atoms with Crippen LogP contribution in [0.2, 0.25) is 0 Å². The number of fused-ring (bicyclic) bond motifs is 3. The number of benzene rings is 2. The summed E-state index contributed by atoms with van der Waals surface area (Å²) < 4.78 is 12.2. The molecule has 3 nitrogen and oxygen atoms in total. The first-order valence-electron chi connectivity index (χ1n) is 12.6. The van der Waals surface area contributed by atoms with Crippen molar-refractivity contribution in [3.63, 3.8) is 0 Å². The molecule has 0 saturated heterocycles. The molecule has 0 aliphatic carbocycles. The third-order valence-corrected chi connectivity index (χ3v) is 7.64.